The molecule has 2 saturated heterocycles. The second kappa shape index (κ2) is 9.70. The average molecular weight is 465 g/mol. The van der Waals surface area contributed by atoms with Crippen molar-refractivity contribution in [2.45, 2.75) is 96.9 Å². The summed E-state index contributed by atoms with van der Waals surface area (Å²) in [7, 11) is 0. The molecule has 4 N–H and O–H groups in total. The molecule has 1 aromatic rings. The second-order valence-corrected chi connectivity index (χ2v) is 9.72. The number of Topliss-reactive ketones (excluding diaryl/α,β-unsaturated/α-hetero) is 2. The van der Waals surface area contributed by atoms with Crippen LogP contribution in [0.2, 0.25) is 0 Å². The predicted octanol–water partition coefficient (Wildman–Crippen LogP) is 3.11. The van der Waals surface area contributed by atoms with Crippen LogP contribution in [0.4, 0.5) is 0 Å². The lowest BCUT2D eigenvalue weighted by Gasteiger charge is -2.39. The molecule has 1 aromatic carbocycles. The minimum absolute atomic E-state index is 0.0610. The van der Waals surface area contributed by atoms with Crippen molar-refractivity contribution >= 4 is 11.6 Å². The number of hydrogen-bond acceptors (Lipinski definition) is 8. The van der Waals surface area contributed by atoms with Crippen molar-refractivity contribution in [2.24, 2.45) is 11.8 Å². The van der Waals surface area contributed by atoms with Crippen LogP contribution in [0.1, 0.15) is 86.6 Å². The number of ketones is 2. The van der Waals surface area contributed by atoms with Crippen LogP contribution in [0, 0.1) is 11.8 Å². The summed E-state index contributed by atoms with van der Waals surface area (Å²) in [6.07, 6.45) is -1.32. The lowest BCUT2D eigenvalue weighted by atomic mass is 9.80. The van der Waals surface area contributed by atoms with Gasteiger partial charge in [0, 0.05) is 12.3 Å². The van der Waals surface area contributed by atoms with Gasteiger partial charge in [0.05, 0.1) is 23.9 Å². The molecule has 0 bridgehead atoms. The molecule has 2 aliphatic rings. The largest absolute Gasteiger partial charge is 0.507 e. The summed E-state index contributed by atoms with van der Waals surface area (Å²) in [5.74, 6) is -2.49. The van der Waals surface area contributed by atoms with Crippen molar-refractivity contribution < 1.29 is 39.5 Å². The van der Waals surface area contributed by atoms with Gasteiger partial charge >= 0.3 is 0 Å². The topological polar surface area (TPSA) is 137 Å². The van der Waals surface area contributed by atoms with E-state index in [-0.39, 0.29) is 35.3 Å². The Morgan fingerprint density at radius 1 is 1.18 bits per heavy atom. The Hall–Kier alpha value is -2.00. The van der Waals surface area contributed by atoms with Gasteiger partial charge in [0.2, 0.25) is 0 Å². The molecule has 0 aromatic heterocycles. The summed E-state index contributed by atoms with van der Waals surface area (Å²) in [6.45, 7) is 8.90. The van der Waals surface area contributed by atoms with Crippen LogP contribution in [0.25, 0.3) is 0 Å². The van der Waals surface area contributed by atoms with Gasteiger partial charge in [-0.25, -0.2) is 0 Å². The van der Waals surface area contributed by atoms with Crippen LogP contribution in [0.15, 0.2) is 6.07 Å². The number of phenols is 2. The van der Waals surface area contributed by atoms with Crippen LogP contribution < -0.4 is 0 Å². The zero-order chi connectivity index (χ0) is 24.7. The fourth-order valence-electron chi connectivity index (χ4n) is 5.11. The van der Waals surface area contributed by atoms with Crippen LogP contribution in [-0.2, 0) is 15.9 Å². The maximum Gasteiger partial charge on any atom is 0.189 e. The molecule has 3 rings (SSSR count). The standard InChI is InChI=1S/C25H36O8/c1-6-8-15(17-11-18(27)25(24(31)32-17)19(7-2)33-25)22(29)16-10-14(9-12(3)4)21(28)20(13(5)26)23(16)30/h10,12,15,17-19,24,27-28,30-31H,6-9,11H2,1-5H3/t15?,17?,18-,19-,24+,25+/m0/s1. The van der Waals surface area contributed by atoms with E-state index in [0.717, 1.165) is 0 Å². The van der Waals surface area contributed by atoms with Crippen molar-refractivity contribution in [1.29, 1.82) is 0 Å². The van der Waals surface area contributed by atoms with Crippen molar-refractivity contribution in [3.8, 4) is 11.5 Å². The highest BCUT2D eigenvalue weighted by molar-refractivity contribution is 6.07. The lowest BCUT2D eigenvalue weighted by Crippen LogP contribution is -2.55. The summed E-state index contributed by atoms with van der Waals surface area (Å²) in [4.78, 5) is 25.8. The number of aliphatic hydroxyl groups excluding tert-OH is 2. The maximum absolute atomic E-state index is 13.7. The van der Waals surface area contributed by atoms with E-state index in [1.807, 2.05) is 27.7 Å². The van der Waals surface area contributed by atoms with Gasteiger partial charge in [-0.1, -0.05) is 34.1 Å². The molecule has 0 radical (unpaired) electrons. The molecule has 2 fully saturated rings. The summed E-state index contributed by atoms with van der Waals surface area (Å²) >= 11 is 0. The van der Waals surface area contributed by atoms with Crippen molar-refractivity contribution in [3.63, 3.8) is 0 Å². The first-order valence-electron chi connectivity index (χ1n) is 11.8. The molecular formula is C25H36O8. The normalized spacial score (nSPS) is 29.9. The van der Waals surface area contributed by atoms with Crippen LogP contribution in [-0.4, -0.2) is 62.2 Å². The van der Waals surface area contributed by atoms with Crippen LogP contribution >= 0.6 is 0 Å². The van der Waals surface area contributed by atoms with Gasteiger partial charge in [-0.3, -0.25) is 9.59 Å². The third-order valence-electron chi connectivity index (χ3n) is 6.81. The SMILES string of the molecule is CCCC(C(=O)c1cc(CC(C)C)c(O)c(C(C)=O)c1O)C1C[C@H](O)[C@]2(O[C@H]2CC)[C@H](O)O1. The fourth-order valence-corrected chi connectivity index (χ4v) is 5.11. The van der Waals surface area contributed by atoms with E-state index >= 15 is 0 Å². The van der Waals surface area contributed by atoms with Gasteiger partial charge in [0.15, 0.2) is 23.5 Å². The quantitative estimate of drug-likeness (QED) is 0.323. The van der Waals surface area contributed by atoms with E-state index in [9.17, 15) is 30.0 Å². The number of rotatable bonds is 9. The third kappa shape index (κ3) is 4.54. The number of carbonyl (C=O) groups excluding carboxylic acids is 2. The lowest BCUT2D eigenvalue weighted by molar-refractivity contribution is -0.239. The number of aromatic hydroxyl groups is 2. The van der Waals surface area contributed by atoms with Gasteiger partial charge in [-0.15, -0.1) is 0 Å². The Balaban J connectivity index is 1.97. The fraction of sp³-hybridized carbons (Fsp3) is 0.680. The van der Waals surface area contributed by atoms with Crippen molar-refractivity contribution in [1.82, 2.24) is 0 Å². The van der Waals surface area contributed by atoms with Crippen LogP contribution in [0.3, 0.4) is 0 Å². The molecule has 0 aliphatic carbocycles. The first-order valence-corrected chi connectivity index (χ1v) is 11.8. The zero-order valence-corrected chi connectivity index (χ0v) is 20.0. The van der Waals surface area contributed by atoms with Gasteiger partial charge in [0.1, 0.15) is 17.1 Å². The van der Waals surface area contributed by atoms with E-state index < -0.39 is 47.3 Å². The molecule has 0 amide bonds. The highest BCUT2D eigenvalue weighted by atomic mass is 16.7. The molecule has 6 atom stereocenters. The van der Waals surface area contributed by atoms with Crippen LogP contribution in [0.5, 0.6) is 11.5 Å². The van der Waals surface area contributed by atoms with E-state index in [1.165, 1.54) is 13.0 Å². The molecule has 8 nitrogen and oxygen atoms in total. The third-order valence-corrected chi connectivity index (χ3v) is 6.81. The smallest absolute Gasteiger partial charge is 0.189 e. The molecule has 33 heavy (non-hydrogen) atoms. The number of aliphatic hydroxyl groups is 2. The van der Waals surface area contributed by atoms with E-state index in [1.54, 1.807) is 0 Å². The maximum atomic E-state index is 13.7. The van der Waals surface area contributed by atoms with Gasteiger partial charge < -0.3 is 29.9 Å². The van der Waals surface area contributed by atoms with Gasteiger partial charge in [-0.2, -0.15) is 0 Å². The number of carbonyl (C=O) groups is 2. The molecule has 0 saturated carbocycles. The number of hydrogen-bond donors (Lipinski definition) is 4. The molecule has 8 heteroatoms. The summed E-state index contributed by atoms with van der Waals surface area (Å²) in [5.41, 5.74) is -1.08. The highest BCUT2D eigenvalue weighted by Gasteiger charge is 2.68. The Morgan fingerprint density at radius 3 is 2.33 bits per heavy atom. The Labute approximate surface area is 194 Å². The average Bonchev–Trinajstić information content (AvgIpc) is 3.47. The number of epoxide rings is 1. The van der Waals surface area contributed by atoms with E-state index in [2.05, 4.69) is 0 Å². The first-order chi connectivity index (χ1) is 15.5. The van der Waals surface area contributed by atoms with Crippen molar-refractivity contribution in [2.75, 3.05) is 0 Å². The van der Waals surface area contributed by atoms with Crippen molar-refractivity contribution in [3.05, 3.63) is 22.8 Å². The first kappa shape index (κ1) is 25.6. The molecular weight excluding hydrogens is 428 g/mol. The summed E-state index contributed by atoms with van der Waals surface area (Å²) in [5, 5.41) is 42.7. The van der Waals surface area contributed by atoms with Gasteiger partial charge in [-0.05, 0) is 43.7 Å². The molecule has 2 heterocycles. The molecule has 184 valence electrons. The Morgan fingerprint density at radius 2 is 1.85 bits per heavy atom. The number of benzene rings is 1. The Kier molecular flexibility index (Phi) is 7.53. The molecule has 2 unspecified atom stereocenters. The molecule has 1 spiro atoms. The highest BCUT2D eigenvalue weighted by Crippen LogP contribution is 2.50. The Bertz CT molecular complexity index is 896. The predicted molar refractivity (Wildman–Crippen MR) is 120 cm³/mol. The number of ether oxygens (including phenoxy) is 2. The van der Waals surface area contributed by atoms with E-state index in [0.29, 0.717) is 31.2 Å². The molecule has 2 aliphatic heterocycles. The van der Waals surface area contributed by atoms with Gasteiger partial charge in [0.25, 0.3) is 0 Å². The zero-order valence-electron chi connectivity index (χ0n) is 20.0. The minimum atomic E-state index is -1.37. The number of phenolic OH excluding ortho intramolecular Hbond substituents is 2. The van der Waals surface area contributed by atoms with E-state index in [4.69, 9.17) is 9.47 Å². The monoisotopic (exact) mass is 464 g/mol. The summed E-state index contributed by atoms with van der Waals surface area (Å²) in [6, 6.07) is 1.44. The second-order valence-electron chi connectivity index (χ2n) is 9.72. The summed E-state index contributed by atoms with van der Waals surface area (Å²) < 4.78 is 11.4. The minimum Gasteiger partial charge on any atom is -0.507 e.